The standard InChI is InChI=1S/C23H27NO4/c1-2-3-15-27-19-13-11-18(12-14-19)23(26)28-16-22(25)24-21-10-6-8-17-7-4-5-9-20(17)21/h4-5,7,9,11-14,21H,2-3,6,8,10,15-16H2,1H3,(H,24,25)/t21-/m1/s1. The second kappa shape index (κ2) is 9.93. The third-order valence-electron chi connectivity index (χ3n) is 4.90. The summed E-state index contributed by atoms with van der Waals surface area (Å²) in [6.45, 7) is 2.47. The van der Waals surface area contributed by atoms with E-state index in [0.29, 0.717) is 12.2 Å². The summed E-state index contributed by atoms with van der Waals surface area (Å²) < 4.78 is 10.7. The van der Waals surface area contributed by atoms with Gasteiger partial charge in [0.05, 0.1) is 18.2 Å². The SMILES string of the molecule is CCCCOc1ccc(C(=O)OCC(=O)N[C@@H]2CCCc3ccccc32)cc1. The molecule has 1 amide bonds. The number of carbonyl (C=O) groups is 2. The Labute approximate surface area is 166 Å². The Bertz CT molecular complexity index is 801. The van der Waals surface area contributed by atoms with Gasteiger partial charge in [0, 0.05) is 0 Å². The van der Waals surface area contributed by atoms with Gasteiger partial charge in [-0.05, 0) is 61.1 Å². The fourth-order valence-corrected chi connectivity index (χ4v) is 3.38. The van der Waals surface area contributed by atoms with E-state index >= 15 is 0 Å². The van der Waals surface area contributed by atoms with Crippen molar-refractivity contribution in [3.8, 4) is 5.75 Å². The molecule has 1 aliphatic carbocycles. The van der Waals surface area contributed by atoms with Crippen molar-refractivity contribution in [1.29, 1.82) is 0 Å². The largest absolute Gasteiger partial charge is 0.494 e. The Hall–Kier alpha value is -2.82. The molecule has 148 valence electrons. The molecule has 5 heteroatoms. The van der Waals surface area contributed by atoms with E-state index in [1.165, 1.54) is 5.56 Å². The first kappa shape index (κ1) is 19.9. The van der Waals surface area contributed by atoms with Gasteiger partial charge in [0.2, 0.25) is 0 Å². The number of rotatable bonds is 8. The zero-order chi connectivity index (χ0) is 19.8. The fraction of sp³-hybridized carbons (Fsp3) is 0.391. The van der Waals surface area contributed by atoms with Crippen LogP contribution in [0.3, 0.4) is 0 Å². The van der Waals surface area contributed by atoms with Crippen LogP contribution in [0.2, 0.25) is 0 Å². The molecule has 1 N–H and O–H groups in total. The molecule has 5 nitrogen and oxygen atoms in total. The zero-order valence-corrected chi connectivity index (χ0v) is 16.3. The number of fused-ring (bicyclic) bond motifs is 1. The van der Waals surface area contributed by atoms with E-state index in [1.54, 1.807) is 24.3 Å². The molecule has 3 rings (SSSR count). The molecule has 0 aliphatic heterocycles. The number of aryl methyl sites for hydroxylation is 1. The lowest BCUT2D eigenvalue weighted by atomic mass is 9.88. The first-order valence-corrected chi connectivity index (χ1v) is 9.94. The molecule has 0 spiro atoms. The van der Waals surface area contributed by atoms with Gasteiger partial charge in [0.15, 0.2) is 6.61 Å². The predicted octanol–water partition coefficient (Wildman–Crippen LogP) is 4.22. The summed E-state index contributed by atoms with van der Waals surface area (Å²) >= 11 is 0. The van der Waals surface area contributed by atoms with Crippen LogP contribution in [0.5, 0.6) is 5.75 Å². The number of hydrogen-bond donors (Lipinski definition) is 1. The van der Waals surface area contributed by atoms with E-state index in [0.717, 1.165) is 43.4 Å². The summed E-state index contributed by atoms with van der Waals surface area (Å²) in [6, 6.07) is 14.9. The number of esters is 1. The third-order valence-corrected chi connectivity index (χ3v) is 4.90. The van der Waals surface area contributed by atoms with Crippen LogP contribution in [0, 0.1) is 0 Å². The molecule has 0 saturated carbocycles. The topological polar surface area (TPSA) is 64.6 Å². The number of ether oxygens (including phenoxy) is 2. The highest BCUT2D eigenvalue weighted by Crippen LogP contribution is 2.29. The van der Waals surface area contributed by atoms with E-state index in [1.807, 2.05) is 12.1 Å². The van der Waals surface area contributed by atoms with Crippen LogP contribution in [-0.4, -0.2) is 25.1 Å². The maximum absolute atomic E-state index is 12.2. The number of carbonyl (C=O) groups excluding carboxylic acids is 2. The molecule has 0 radical (unpaired) electrons. The fourth-order valence-electron chi connectivity index (χ4n) is 3.38. The molecule has 2 aromatic rings. The van der Waals surface area contributed by atoms with Crippen molar-refractivity contribution in [1.82, 2.24) is 5.32 Å². The van der Waals surface area contributed by atoms with Crippen molar-refractivity contribution in [2.24, 2.45) is 0 Å². The van der Waals surface area contributed by atoms with Crippen molar-refractivity contribution in [2.75, 3.05) is 13.2 Å². The maximum atomic E-state index is 12.2. The Morgan fingerprint density at radius 3 is 2.68 bits per heavy atom. The summed E-state index contributed by atoms with van der Waals surface area (Å²) in [4.78, 5) is 24.4. The van der Waals surface area contributed by atoms with Gasteiger partial charge < -0.3 is 14.8 Å². The lowest BCUT2D eigenvalue weighted by molar-refractivity contribution is -0.125. The number of unbranched alkanes of at least 4 members (excludes halogenated alkanes) is 1. The third kappa shape index (κ3) is 5.35. The van der Waals surface area contributed by atoms with Crippen LogP contribution in [0.15, 0.2) is 48.5 Å². The highest BCUT2D eigenvalue weighted by atomic mass is 16.5. The molecule has 1 atom stereocenters. The van der Waals surface area contributed by atoms with Crippen molar-refractivity contribution in [3.05, 3.63) is 65.2 Å². The van der Waals surface area contributed by atoms with Gasteiger partial charge in [-0.15, -0.1) is 0 Å². The van der Waals surface area contributed by atoms with Crippen molar-refractivity contribution >= 4 is 11.9 Å². The van der Waals surface area contributed by atoms with Gasteiger partial charge in [-0.1, -0.05) is 37.6 Å². The van der Waals surface area contributed by atoms with Crippen LogP contribution < -0.4 is 10.1 Å². The number of benzene rings is 2. The monoisotopic (exact) mass is 381 g/mol. The van der Waals surface area contributed by atoms with Gasteiger partial charge in [-0.25, -0.2) is 4.79 Å². The van der Waals surface area contributed by atoms with Crippen LogP contribution in [0.4, 0.5) is 0 Å². The highest BCUT2D eigenvalue weighted by Gasteiger charge is 2.21. The molecule has 0 bridgehead atoms. The lowest BCUT2D eigenvalue weighted by Gasteiger charge is -2.26. The first-order valence-electron chi connectivity index (χ1n) is 9.94. The molecule has 2 aromatic carbocycles. The Kier molecular flexibility index (Phi) is 7.06. The molecule has 0 unspecified atom stereocenters. The molecule has 0 saturated heterocycles. The Morgan fingerprint density at radius 2 is 1.89 bits per heavy atom. The highest BCUT2D eigenvalue weighted by molar-refractivity contribution is 5.91. The minimum Gasteiger partial charge on any atom is -0.494 e. The molecular weight excluding hydrogens is 354 g/mol. The van der Waals surface area contributed by atoms with Gasteiger partial charge in [-0.3, -0.25) is 4.79 Å². The van der Waals surface area contributed by atoms with Gasteiger partial charge >= 0.3 is 5.97 Å². The average Bonchev–Trinajstić information content (AvgIpc) is 2.73. The predicted molar refractivity (Wildman–Crippen MR) is 107 cm³/mol. The second-order valence-electron chi connectivity index (χ2n) is 7.01. The smallest absolute Gasteiger partial charge is 0.338 e. The normalized spacial score (nSPS) is 15.4. The van der Waals surface area contributed by atoms with E-state index in [9.17, 15) is 9.59 Å². The van der Waals surface area contributed by atoms with Crippen LogP contribution in [0.25, 0.3) is 0 Å². The van der Waals surface area contributed by atoms with Gasteiger partial charge in [0.25, 0.3) is 5.91 Å². The number of amides is 1. The molecule has 28 heavy (non-hydrogen) atoms. The van der Waals surface area contributed by atoms with E-state index in [-0.39, 0.29) is 18.6 Å². The van der Waals surface area contributed by atoms with Gasteiger partial charge in [-0.2, -0.15) is 0 Å². The number of nitrogens with one attached hydrogen (secondary N) is 1. The van der Waals surface area contributed by atoms with Crippen molar-refractivity contribution in [2.45, 2.75) is 45.1 Å². The summed E-state index contributed by atoms with van der Waals surface area (Å²) in [6.07, 6.45) is 5.03. The summed E-state index contributed by atoms with van der Waals surface area (Å²) in [7, 11) is 0. The molecule has 0 fully saturated rings. The molecule has 0 aromatic heterocycles. The van der Waals surface area contributed by atoms with Gasteiger partial charge in [0.1, 0.15) is 5.75 Å². The minimum absolute atomic E-state index is 0.0179. The maximum Gasteiger partial charge on any atom is 0.338 e. The zero-order valence-electron chi connectivity index (χ0n) is 16.3. The average molecular weight is 381 g/mol. The molecule has 0 heterocycles. The number of hydrogen-bond acceptors (Lipinski definition) is 4. The van der Waals surface area contributed by atoms with E-state index < -0.39 is 5.97 Å². The lowest BCUT2D eigenvalue weighted by Crippen LogP contribution is -2.34. The van der Waals surface area contributed by atoms with E-state index in [2.05, 4.69) is 24.4 Å². The summed E-state index contributed by atoms with van der Waals surface area (Å²) in [5.74, 6) is -0.0763. The molecular formula is C23H27NO4. The van der Waals surface area contributed by atoms with Crippen LogP contribution in [0.1, 0.15) is 60.1 Å². The summed E-state index contributed by atoms with van der Waals surface area (Å²) in [5.41, 5.74) is 2.84. The first-order chi connectivity index (χ1) is 13.7. The second-order valence-corrected chi connectivity index (χ2v) is 7.01. The Balaban J connectivity index is 1.47. The van der Waals surface area contributed by atoms with E-state index in [4.69, 9.17) is 9.47 Å². The molecule has 1 aliphatic rings. The summed E-state index contributed by atoms with van der Waals surface area (Å²) in [5, 5.41) is 2.98. The van der Waals surface area contributed by atoms with Crippen LogP contribution >= 0.6 is 0 Å². The van der Waals surface area contributed by atoms with Crippen molar-refractivity contribution < 1.29 is 19.1 Å². The quantitative estimate of drug-likeness (QED) is 0.549. The Morgan fingerprint density at radius 1 is 1.11 bits per heavy atom. The minimum atomic E-state index is -0.515. The van der Waals surface area contributed by atoms with Crippen molar-refractivity contribution in [3.63, 3.8) is 0 Å². The van der Waals surface area contributed by atoms with Crippen LogP contribution in [-0.2, 0) is 16.0 Å².